The Morgan fingerprint density at radius 1 is 1.37 bits per heavy atom. The molecule has 0 aliphatic heterocycles. The topological polar surface area (TPSA) is 78.0 Å². The normalized spacial score (nSPS) is 23.4. The summed E-state index contributed by atoms with van der Waals surface area (Å²) in [6.45, 7) is 0. The number of fused-ring (bicyclic) bond motifs is 1. The maximum atomic E-state index is 12.2. The van der Waals surface area contributed by atoms with Crippen LogP contribution >= 0.6 is 0 Å². The Balaban J connectivity index is 1.75. The van der Waals surface area contributed by atoms with Crippen LogP contribution in [0.4, 0.5) is 0 Å². The van der Waals surface area contributed by atoms with Gasteiger partial charge in [-0.15, -0.1) is 0 Å². The third-order valence-corrected chi connectivity index (χ3v) is 3.75. The van der Waals surface area contributed by atoms with Crippen LogP contribution in [0.1, 0.15) is 36.0 Å². The quantitative estimate of drug-likeness (QED) is 0.766. The van der Waals surface area contributed by atoms with Gasteiger partial charge in [0.25, 0.3) is 5.91 Å². The molecule has 5 nitrogen and oxygen atoms in total. The lowest BCUT2D eigenvalue weighted by Gasteiger charge is -2.28. The van der Waals surface area contributed by atoms with Crippen LogP contribution in [0.15, 0.2) is 24.4 Å². The Kier molecular flexibility index (Phi) is 3.21. The Labute approximate surface area is 111 Å². The number of benzene rings is 1. The molecule has 5 heteroatoms. The lowest BCUT2D eigenvalue weighted by molar-refractivity contribution is 0.0717. The first-order chi connectivity index (χ1) is 9.24. The third kappa shape index (κ3) is 2.46. The predicted octanol–water partition coefficient (Wildman–Crippen LogP) is 1.60. The second-order valence-corrected chi connectivity index (χ2v) is 5.10. The summed E-state index contributed by atoms with van der Waals surface area (Å²) in [6, 6.07) is 5.30. The van der Waals surface area contributed by atoms with Crippen LogP contribution in [0.5, 0.6) is 0 Å². The number of aromatic nitrogens is 2. The van der Waals surface area contributed by atoms with Crippen LogP contribution in [-0.4, -0.2) is 33.4 Å². The minimum Gasteiger partial charge on any atom is -0.391 e. The van der Waals surface area contributed by atoms with Crippen molar-refractivity contribution >= 4 is 16.8 Å². The summed E-state index contributed by atoms with van der Waals surface area (Å²) in [4.78, 5) is 12.2. The summed E-state index contributed by atoms with van der Waals surface area (Å²) >= 11 is 0. The molecular formula is C14H17N3O2. The predicted molar refractivity (Wildman–Crippen MR) is 71.8 cm³/mol. The highest BCUT2D eigenvalue weighted by Gasteiger charge is 2.24. The number of aliphatic hydroxyl groups excluding tert-OH is 1. The number of amides is 1. The largest absolute Gasteiger partial charge is 0.391 e. The van der Waals surface area contributed by atoms with E-state index in [1.165, 1.54) is 0 Å². The zero-order valence-electron chi connectivity index (χ0n) is 10.6. The molecule has 1 aromatic carbocycles. The van der Waals surface area contributed by atoms with E-state index in [0.717, 1.165) is 36.6 Å². The number of H-pyrrole nitrogens is 1. The van der Waals surface area contributed by atoms with E-state index in [1.807, 2.05) is 12.1 Å². The molecule has 1 fully saturated rings. The van der Waals surface area contributed by atoms with Gasteiger partial charge >= 0.3 is 0 Å². The molecule has 3 rings (SSSR count). The fraction of sp³-hybridized carbons (Fsp3) is 0.429. The maximum Gasteiger partial charge on any atom is 0.251 e. The Hall–Kier alpha value is -1.88. The van der Waals surface area contributed by atoms with Gasteiger partial charge in [0, 0.05) is 10.9 Å². The molecule has 2 atom stereocenters. The van der Waals surface area contributed by atoms with Crippen LogP contribution < -0.4 is 5.32 Å². The van der Waals surface area contributed by atoms with E-state index >= 15 is 0 Å². The second-order valence-electron chi connectivity index (χ2n) is 5.10. The summed E-state index contributed by atoms with van der Waals surface area (Å²) in [5.74, 6) is -0.131. The molecule has 0 bridgehead atoms. The van der Waals surface area contributed by atoms with Crippen LogP contribution in [0, 0.1) is 0 Å². The van der Waals surface area contributed by atoms with Crippen molar-refractivity contribution in [2.24, 2.45) is 0 Å². The molecular weight excluding hydrogens is 242 g/mol. The van der Waals surface area contributed by atoms with E-state index in [9.17, 15) is 9.90 Å². The highest BCUT2D eigenvalue weighted by Crippen LogP contribution is 2.19. The number of rotatable bonds is 2. The third-order valence-electron chi connectivity index (χ3n) is 3.75. The van der Waals surface area contributed by atoms with Gasteiger partial charge in [0.15, 0.2) is 0 Å². The fourth-order valence-corrected chi connectivity index (χ4v) is 2.62. The maximum absolute atomic E-state index is 12.2. The van der Waals surface area contributed by atoms with Crippen molar-refractivity contribution in [2.75, 3.05) is 0 Å². The zero-order chi connectivity index (χ0) is 13.2. The number of nitrogens with zero attached hydrogens (tertiary/aromatic N) is 1. The standard InChI is InChI=1S/C14H17N3O2/c18-13-4-2-1-3-12(13)16-14(19)9-5-6-11-10(7-9)8-15-17-11/h5-8,12-13,18H,1-4H2,(H,15,17)(H,16,19)/t12-,13+/m1/s1. The number of aliphatic hydroxyl groups is 1. The summed E-state index contributed by atoms with van der Waals surface area (Å²) in [5, 5.41) is 20.5. The van der Waals surface area contributed by atoms with Gasteiger partial charge in [0.1, 0.15) is 0 Å². The average Bonchev–Trinajstić information content (AvgIpc) is 2.88. The molecule has 1 saturated carbocycles. The van der Waals surface area contributed by atoms with Gasteiger partial charge < -0.3 is 10.4 Å². The van der Waals surface area contributed by atoms with Gasteiger partial charge in [-0.25, -0.2) is 0 Å². The van der Waals surface area contributed by atoms with Crippen LogP contribution in [-0.2, 0) is 0 Å². The van der Waals surface area contributed by atoms with E-state index in [2.05, 4.69) is 15.5 Å². The summed E-state index contributed by atoms with van der Waals surface area (Å²) in [7, 11) is 0. The van der Waals surface area contributed by atoms with Crippen molar-refractivity contribution in [1.82, 2.24) is 15.5 Å². The summed E-state index contributed by atoms with van der Waals surface area (Å²) in [5.41, 5.74) is 1.51. The van der Waals surface area contributed by atoms with Gasteiger partial charge in [-0.1, -0.05) is 12.8 Å². The molecule has 0 saturated heterocycles. The minimum atomic E-state index is -0.421. The smallest absolute Gasteiger partial charge is 0.251 e. The lowest BCUT2D eigenvalue weighted by atomic mass is 9.92. The highest BCUT2D eigenvalue weighted by molar-refractivity contribution is 5.98. The molecule has 1 heterocycles. The van der Waals surface area contributed by atoms with Crippen molar-refractivity contribution in [2.45, 2.75) is 37.8 Å². The number of carbonyl (C=O) groups excluding carboxylic acids is 1. The Morgan fingerprint density at radius 2 is 2.21 bits per heavy atom. The van der Waals surface area contributed by atoms with Crippen LogP contribution in [0.2, 0.25) is 0 Å². The molecule has 0 spiro atoms. The van der Waals surface area contributed by atoms with Crippen LogP contribution in [0.3, 0.4) is 0 Å². The first-order valence-corrected chi connectivity index (χ1v) is 6.66. The van der Waals surface area contributed by atoms with Gasteiger partial charge in [-0.2, -0.15) is 5.10 Å². The first-order valence-electron chi connectivity index (χ1n) is 6.66. The molecule has 100 valence electrons. The average molecular weight is 259 g/mol. The minimum absolute atomic E-state index is 0.124. The molecule has 0 radical (unpaired) electrons. The van der Waals surface area contributed by atoms with Crippen molar-refractivity contribution in [3.8, 4) is 0 Å². The van der Waals surface area contributed by atoms with E-state index in [0.29, 0.717) is 5.56 Å². The molecule has 1 aromatic heterocycles. The van der Waals surface area contributed by atoms with Gasteiger partial charge in [0.05, 0.1) is 23.9 Å². The van der Waals surface area contributed by atoms with E-state index in [-0.39, 0.29) is 11.9 Å². The number of hydrogen-bond donors (Lipinski definition) is 3. The Morgan fingerprint density at radius 3 is 3.05 bits per heavy atom. The Bertz CT molecular complexity index is 593. The van der Waals surface area contributed by atoms with Crippen LogP contribution in [0.25, 0.3) is 10.9 Å². The molecule has 19 heavy (non-hydrogen) atoms. The first kappa shape index (κ1) is 12.2. The zero-order valence-corrected chi connectivity index (χ0v) is 10.6. The van der Waals surface area contributed by atoms with E-state index in [4.69, 9.17) is 0 Å². The highest BCUT2D eigenvalue weighted by atomic mass is 16.3. The fourth-order valence-electron chi connectivity index (χ4n) is 2.62. The molecule has 3 N–H and O–H groups in total. The molecule has 2 aromatic rings. The van der Waals surface area contributed by atoms with Gasteiger partial charge in [0.2, 0.25) is 0 Å². The summed E-state index contributed by atoms with van der Waals surface area (Å²) < 4.78 is 0. The lowest BCUT2D eigenvalue weighted by Crippen LogP contribution is -2.45. The number of aromatic amines is 1. The van der Waals surface area contributed by atoms with Crippen molar-refractivity contribution < 1.29 is 9.90 Å². The van der Waals surface area contributed by atoms with E-state index < -0.39 is 6.10 Å². The number of nitrogens with one attached hydrogen (secondary N) is 2. The van der Waals surface area contributed by atoms with Gasteiger partial charge in [-0.05, 0) is 31.0 Å². The monoisotopic (exact) mass is 259 g/mol. The number of carbonyl (C=O) groups is 1. The molecule has 1 aliphatic carbocycles. The van der Waals surface area contributed by atoms with Crippen molar-refractivity contribution in [3.63, 3.8) is 0 Å². The summed E-state index contributed by atoms with van der Waals surface area (Å²) in [6.07, 6.45) is 4.99. The van der Waals surface area contributed by atoms with Crippen molar-refractivity contribution in [3.05, 3.63) is 30.0 Å². The molecule has 1 amide bonds. The molecule has 1 aliphatic rings. The van der Waals surface area contributed by atoms with E-state index in [1.54, 1.807) is 12.3 Å². The van der Waals surface area contributed by atoms with Gasteiger partial charge in [-0.3, -0.25) is 9.89 Å². The SMILES string of the molecule is O=C(N[C@@H]1CCCC[C@@H]1O)c1ccc2[nH]ncc2c1. The van der Waals surface area contributed by atoms with Crippen molar-refractivity contribution in [1.29, 1.82) is 0 Å². The molecule has 0 unspecified atom stereocenters. The number of hydrogen-bond acceptors (Lipinski definition) is 3. The second kappa shape index (κ2) is 5.01.